The molecule has 8 nitrogen and oxygen atoms in total. The van der Waals surface area contributed by atoms with Crippen molar-refractivity contribution in [1.82, 2.24) is 30.2 Å². The molecule has 2 N–H and O–H groups in total. The molecule has 0 saturated heterocycles. The number of imidazole rings is 1. The number of H-pyrrole nitrogens is 1. The first kappa shape index (κ1) is 29.8. The van der Waals surface area contributed by atoms with Gasteiger partial charge in [-0.1, -0.05) is 71.7 Å². The van der Waals surface area contributed by atoms with Crippen molar-refractivity contribution in [2.45, 2.75) is 44.4 Å². The quantitative estimate of drug-likeness (QED) is 0.171. The van der Waals surface area contributed by atoms with Gasteiger partial charge >= 0.3 is 0 Å². The third-order valence-corrected chi connectivity index (χ3v) is 8.64. The van der Waals surface area contributed by atoms with Crippen molar-refractivity contribution in [3.63, 3.8) is 0 Å². The fraction of sp³-hybridized carbons (Fsp3) is 0.235. The number of aryl methyl sites for hydroxylation is 1. The Morgan fingerprint density at radius 1 is 1.02 bits per heavy atom. The summed E-state index contributed by atoms with van der Waals surface area (Å²) in [4.78, 5) is 31.9. The standard InChI is InChI=1S/C34H32Cl2N6O2/c1-44-30-10-3-2-8-25(30)33(28-19-38-21-41-28)42(29-9-4-6-24-7-5-15-39-32(24)29)20-23-13-11-22(12-14-23)16-40-34(43)31-26(35)17-37-18-27(31)36/h2-3,5,7-8,10-15,17-19,21,29,33H,4,6,9,16,20H2,1H3,(H,38,41)(H,40,43). The van der Waals surface area contributed by atoms with E-state index in [2.05, 4.69) is 49.4 Å². The predicted octanol–water partition coefficient (Wildman–Crippen LogP) is 7.11. The number of aromatic amines is 1. The number of benzene rings is 2. The number of fused-ring (bicyclic) bond motifs is 1. The zero-order valence-electron chi connectivity index (χ0n) is 24.2. The molecule has 0 aliphatic heterocycles. The number of aromatic nitrogens is 4. The highest BCUT2D eigenvalue weighted by Gasteiger charge is 2.35. The van der Waals surface area contributed by atoms with Gasteiger partial charge in [0.1, 0.15) is 5.75 Å². The Morgan fingerprint density at radius 3 is 2.55 bits per heavy atom. The van der Waals surface area contributed by atoms with E-state index in [1.54, 1.807) is 13.4 Å². The topological polar surface area (TPSA) is 96.0 Å². The van der Waals surface area contributed by atoms with Gasteiger partial charge in [0.25, 0.3) is 5.91 Å². The number of rotatable bonds is 10. The molecule has 5 aromatic rings. The van der Waals surface area contributed by atoms with E-state index in [-0.39, 0.29) is 33.6 Å². The second kappa shape index (κ2) is 13.6. The summed E-state index contributed by atoms with van der Waals surface area (Å²) in [5, 5.41) is 3.34. The molecule has 0 saturated carbocycles. The summed E-state index contributed by atoms with van der Waals surface area (Å²) < 4.78 is 5.86. The lowest BCUT2D eigenvalue weighted by Crippen LogP contribution is -2.36. The van der Waals surface area contributed by atoms with E-state index in [0.717, 1.165) is 53.1 Å². The van der Waals surface area contributed by atoms with Crippen LogP contribution in [-0.2, 0) is 19.5 Å². The first-order valence-electron chi connectivity index (χ1n) is 14.5. The molecular formula is C34H32Cl2N6O2. The molecule has 224 valence electrons. The molecule has 2 unspecified atom stereocenters. The minimum Gasteiger partial charge on any atom is -0.496 e. The van der Waals surface area contributed by atoms with Crippen molar-refractivity contribution < 1.29 is 9.53 Å². The molecule has 2 aromatic carbocycles. The molecule has 6 rings (SSSR count). The number of carbonyl (C=O) groups excluding carboxylic acids is 1. The number of nitrogens with zero attached hydrogens (tertiary/aromatic N) is 4. The van der Waals surface area contributed by atoms with Crippen LogP contribution in [0, 0.1) is 0 Å². The van der Waals surface area contributed by atoms with Crippen molar-refractivity contribution in [3.05, 3.63) is 141 Å². The average Bonchev–Trinajstić information content (AvgIpc) is 3.58. The van der Waals surface area contributed by atoms with E-state index in [1.807, 2.05) is 48.8 Å². The van der Waals surface area contributed by atoms with Crippen molar-refractivity contribution in [2.24, 2.45) is 0 Å². The van der Waals surface area contributed by atoms with Gasteiger partial charge in [-0.2, -0.15) is 0 Å². The minimum absolute atomic E-state index is 0.0759. The number of ether oxygens (including phenoxy) is 1. The van der Waals surface area contributed by atoms with E-state index in [1.165, 1.54) is 18.0 Å². The Morgan fingerprint density at radius 2 is 1.80 bits per heavy atom. The molecule has 3 heterocycles. The summed E-state index contributed by atoms with van der Waals surface area (Å²) in [6.45, 7) is 0.979. The van der Waals surface area contributed by atoms with Crippen molar-refractivity contribution in [1.29, 1.82) is 0 Å². The highest BCUT2D eigenvalue weighted by atomic mass is 35.5. The molecule has 0 radical (unpaired) electrons. The SMILES string of the molecule is COc1ccccc1C(c1cnc[nH]1)N(Cc1ccc(CNC(=O)c2c(Cl)cncc2Cl)cc1)C1CCCc2cccnc21. The largest absolute Gasteiger partial charge is 0.496 e. The molecule has 44 heavy (non-hydrogen) atoms. The van der Waals surface area contributed by atoms with E-state index in [0.29, 0.717) is 13.1 Å². The van der Waals surface area contributed by atoms with Crippen LogP contribution in [0.1, 0.15) is 68.9 Å². The summed E-state index contributed by atoms with van der Waals surface area (Å²) in [7, 11) is 1.71. The Balaban J connectivity index is 1.31. The highest BCUT2D eigenvalue weighted by molar-refractivity contribution is 6.39. The van der Waals surface area contributed by atoms with Gasteiger partial charge in [-0.3, -0.25) is 19.7 Å². The van der Waals surface area contributed by atoms with Crippen LogP contribution >= 0.6 is 23.2 Å². The number of halogens is 2. The highest BCUT2D eigenvalue weighted by Crippen LogP contribution is 2.43. The number of hydrogen-bond acceptors (Lipinski definition) is 6. The van der Waals surface area contributed by atoms with Crippen LogP contribution in [-0.4, -0.2) is 37.9 Å². The van der Waals surface area contributed by atoms with Gasteiger partial charge in [-0.05, 0) is 48.1 Å². The van der Waals surface area contributed by atoms with Crippen molar-refractivity contribution in [2.75, 3.05) is 7.11 Å². The average molecular weight is 628 g/mol. The molecular weight excluding hydrogens is 595 g/mol. The van der Waals surface area contributed by atoms with Crippen LogP contribution in [0.2, 0.25) is 10.0 Å². The van der Waals surface area contributed by atoms with Crippen LogP contribution in [0.5, 0.6) is 5.75 Å². The number of methoxy groups -OCH3 is 1. The van der Waals surface area contributed by atoms with Crippen molar-refractivity contribution in [3.8, 4) is 5.75 Å². The number of carbonyl (C=O) groups is 1. The Labute approximate surface area is 266 Å². The molecule has 10 heteroatoms. The molecule has 0 fully saturated rings. The maximum atomic E-state index is 12.8. The van der Waals surface area contributed by atoms with Crippen LogP contribution < -0.4 is 10.1 Å². The third-order valence-electron chi connectivity index (χ3n) is 8.07. The van der Waals surface area contributed by atoms with Gasteiger partial charge in [-0.25, -0.2) is 4.98 Å². The molecule has 0 bridgehead atoms. The van der Waals surface area contributed by atoms with Gasteiger partial charge in [0.05, 0.1) is 52.5 Å². The second-order valence-electron chi connectivity index (χ2n) is 10.8. The van der Waals surface area contributed by atoms with E-state index >= 15 is 0 Å². The van der Waals surface area contributed by atoms with Crippen LogP contribution in [0.15, 0.2) is 91.8 Å². The first-order chi connectivity index (χ1) is 21.5. The maximum absolute atomic E-state index is 12.8. The summed E-state index contributed by atoms with van der Waals surface area (Å²) in [5.41, 5.74) is 6.74. The normalized spacial score (nSPS) is 15.0. The Hall–Kier alpha value is -4.24. The van der Waals surface area contributed by atoms with Crippen LogP contribution in [0.4, 0.5) is 0 Å². The fourth-order valence-corrected chi connectivity index (χ4v) is 6.53. The summed E-state index contributed by atoms with van der Waals surface area (Å²) in [6, 6.07) is 20.5. The summed E-state index contributed by atoms with van der Waals surface area (Å²) in [6.07, 6.45) is 11.4. The third kappa shape index (κ3) is 6.33. The monoisotopic (exact) mass is 626 g/mol. The summed E-state index contributed by atoms with van der Waals surface area (Å²) in [5.74, 6) is 0.468. The second-order valence-corrected chi connectivity index (χ2v) is 11.6. The molecule has 1 aliphatic carbocycles. The molecule has 0 spiro atoms. The molecule has 1 amide bonds. The van der Waals surface area contributed by atoms with Gasteiger partial charge in [0, 0.05) is 43.4 Å². The first-order valence-corrected chi connectivity index (χ1v) is 15.2. The van der Waals surface area contributed by atoms with Gasteiger partial charge in [-0.15, -0.1) is 0 Å². The van der Waals surface area contributed by atoms with Crippen LogP contribution in [0.3, 0.4) is 0 Å². The van der Waals surface area contributed by atoms with Crippen LogP contribution in [0.25, 0.3) is 0 Å². The van der Waals surface area contributed by atoms with E-state index in [9.17, 15) is 4.79 Å². The minimum atomic E-state index is -0.347. The number of nitrogens with one attached hydrogen (secondary N) is 2. The maximum Gasteiger partial charge on any atom is 0.254 e. The lowest BCUT2D eigenvalue weighted by molar-refractivity contribution is 0.0951. The van der Waals surface area contributed by atoms with Crippen molar-refractivity contribution >= 4 is 29.1 Å². The summed E-state index contributed by atoms with van der Waals surface area (Å²) >= 11 is 12.3. The molecule has 1 aliphatic rings. The number of hydrogen-bond donors (Lipinski definition) is 2. The van der Waals surface area contributed by atoms with E-state index < -0.39 is 0 Å². The van der Waals surface area contributed by atoms with E-state index in [4.69, 9.17) is 32.9 Å². The zero-order valence-corrected chi connectivity index (χ0v) is 25.7. The van der Waals surface area contributed by atoms with Gasteiger partial charge < -0.3 is 15.0 Å². The fourth-order valence-electron chi connectivity index (χ4n) is 5.99. The lowest BCUT2D eigenvalue weighted by Gasteiger charge is -2.40. The zero-order chi connectivity index (χ0) is 30.5. The Bertz CT molecular complexity index is 1710. The smallest absolute Gasteiger partial charge is 0.254 e. The number of amides is 1. The van der Waals surface area contributed by atoms with Gasteiger partial charge in [0.2, 0.25) is 0 Å². The Kier molecular flexibility index (Phi) is 9.21. The van der Waals surface area contributed by atoms with Gasteiger partial charge in [0.15, 0.2) is 0 Å². The predicted molar refractivity (Wildman–Crippen MR) is 171 cm³/mol. The number of para-hydroxylation sites is 1. The molecule has 2 atom stereocenters. The lowest BCUT2D eigenvalue weighted by atomic mass is 9.88. The number of pyridine rings is 2. The molecule has 3 aromatic heterocycles.